The van der Waals surface area contributed by atoms with Crippen molar-refractivity contribution in [2.24, 2.45) is 0 Å². The van der Waals surface area contributed by atoms with Crippen LogP contribution in [0.4, 0.5) is 10.1 Å². The highest BCUT2D eigenvalue weighted by Gasteiger charge is 2.14. The number of thiophene rings is 1. The molecule has 0 spiro atoms. The average molecular weight is 334 g/mol. The number of carbonyl (C=O) groups is 2. The summed E-state index contributed by atoms with van der Waals surface area (Å²) in [5.74, 6) is -0.443. The largest absolute Gasteiger partial charge is 0.459 e. The van der Waals surface area contributed by atoms with Crippen molar-refractivity contribution < 1.29 is 14.0 Å². The Morgan fingerprint density at radius 1 is 1.09 bits per heavy atom. The molecule has 0 bridgehead atoms. The molecule has 3 heterocycles. The van der Waals surface area contributed by atoms with Crippen molar-refractivity contribution in [3.05, 3.63) is 46.2 Å². The Morgan fingerprint density at radius 2 is 1.95 bits per heavy atom. The Kier molecular flexibility index (Phi) is 3.98. The smallest absolute Gasteiger partial charge is 0.291 e. The first-order valence-electron chi connectivity index (χ1n) is 6.18. The molecular weight excluding hydrogens is 324 g/mol. The molecule has 0 aromatic carbocycles. The van der Waals surface area contributed by atoms with E-state index in [0.717, 1.165) is 16.3 Å². The normalized spacial score (nSPS) is 10.4. The van der Waals surface area contributed by atoms with E-state index in [1.165, 1.54) is 17.6 Å². The summed E-state index contributed by atoms with van der Waals surface area (Å²) >= 11 is 2.46. The molecule has 2 N–H and O–H groups in total. The highest BCUT2D eigenvalue weighted by molar-refractivity contribution is 7.18. The number of carbonyl (C=O) groups excluding carboxylic acids is 2. The number of amides is 2. The molecule has 0 aliphatic heterocycles. The van der Waals surface area contributed by atoms with Gasteiger partial charge in [-0.05, 0) is 31.2 Å². The number of furan rings is 1. The summed E-state index contributed by atoms with van der Waals surface area (Å²) in [6.07, 6.45) is 1.42. The van der Waals surface area contributed by atoms with Gasteiger partial charge in [0.2, 0.25) is 5.13 Å². The van der Waals surface area contributed by atoms with Gasteiger partial charge in [-0.3, -0.25) is 14.9 Å². The van der Waals surface area contributed by atoms with Gasteiger partial charge in [-0.2, -0.15) is 0 Å². The highest BCUT2D eigenvalue weighted by atomic mass is 32.1. The molecule has 3 aromatic rings. The van der Waals surface area contributed by atoms with Crippen molar-refractivity contribution in [3.63, 3.8) is 0 Å². The van der Waals surface area contributed by atoms with E-state index in [0.29, 0.717) is 15.0 Å². The fourth-order valence-corrected chi connectivity index (χ4v) is 3.00. The van der Waals surface area contributed by atoms with Gasteiger partial charge >= 0.3 is 0 Å². The molecule has 3 rings (SSSR count). The summed E-state index contributed by atoms with van der Waals surface area (Å²) in [5.41, 5.74) is 0. The first kappa shape index (κ1) is 14.4. The zero-order chi connectivity index (χ0) is 15.5. The van der Waals surface area contributed by atoms with E-state index in [9.17, 15) is 9.59 Å². The standard InChI is InChI=1S/C13H10N4O3S2/c1-7-16-17-13(21-7)15-12(19)9-4-5-10(22-9)14-11(18)8-3-2-6-20-8/h2-6H,1H3,(H,14,18)(H,15,17,19). The van der Waals surface area contributed by atoms with Gasteiger partial charge in [0.15, 0.2) is 5.76 Å². The molecule has 3 aromatic heterocycles. The van der Waals surface area contributed by atoms with Crippen LogP contribution < -0.4 is 10.6 Å². The molecule has 0 atom stereocenters. The lowest BCUT2D eigenvalue weighted by Gasteiger charge is -1.99. The number of hydrogen-bond acceptors (Lipinski definition) is 7. The topological polar surface area (TPSA) is 97.1 Å². The fraction of sp³-hybridized carbons (Fsp3) is 0.0769. The van der Waals surface area contributed by atoms with Crippen LogP contribution in [0.2, 0.25) is 0 Å². The Labute approximate surface area is 133 Å². The van der Waals surface area contributed by atoms with Crippen molar-refractivity contribution in [2.75, 3.05) is 10.6 Å². The van der Waals surface area contributed by atoms with Crippen LogP contribution in [0.3, 0.4) is 0 Å². The lowest BCUT2D eigenvalue weighted by molar-refractivity contribution is 0.0995. The molecule has 2 amide bonds. The maximum atomic E-state index is 12.1. The summed E-state index contributed by atoms with van der Waals surface area (Å²) in [6.45, 7) is 1.81. The van der Waals surface area contributed by atoms with E-state index >= 15 is 0 Å². The van der Waals surface area contributed by atoms with E-state index in [1.54, 1.807) is 31.2 Å². The van der Waals surface area contributed by atoms with Crippen molar-refractivity contribution in [1.82, 2.24) is 10.2 Å². The molecule has 0 saturated carbocycles. The van der Waals surface area contributed by atoms with Gasteiger partial charge in [-0.15, -0.1) is 21.5 Å². The third-order valence-corrected chi connectivity index (χ3v) is 4.31. The molecular formula is C13H10N4O3S2. The van der Waals surface area contributed by atoms with Gasteiger partial charge in [0.1, 0.15) is 5.01 Å². The minimum atomic E-state index is -0.362. The van der Waals surface area contributed by atoms with Crippen LogP contribution in [-0.4, -0.2) is 22.0 Å². The summed E-state index contributed by atoms with van der Waals surface area (Å²) < 4.78 is 5.00. The predicted molar refractivity (Wildman–Crippen MR) is 83.6 cm³/mol. The number of aromatic nitrogens is 2. The summed E-state index contributed by atoms with van der Waals surface area (Å²) in [5, 5.41) is 14.8. The van der Waals surface area contributed by atoms with Crippen molar-refractivity contribution in [1.29, 1.82) is 0 Å². The number of aryl methyl sites for hydroxylation is 1. The van der Waals surface area contributed by atoms with E-state index < -0.39 is 0 Å². The highest BCUT2D eigenvalue weighted by Crippen LogP contribution is 2.24. The van der Waals surface area contributed by atoms with Crippen molar-refractivity contribution >= 4 is 44.6 Å². The Hall–Kier alpha value is -2.52. The SMILES string of the molecule is Cc1nnc(NC(=O)c2ccc(NC(=O)c3ccco3)s2)s1. The van der Waals surface area contributed by atoms with Gasteiger partial charge < -0.3 is 9.73 Å². The second kappa shape index (κ2) is 6.08. The molecule has 22 heavy (non-hydrogen) atoms. The maximum absolute atomic E-state index is 12.1. The molecule has 7 nitrogen and oxygen atoms in total. The molecule has 0 saturated heterocycles. The number of anilines is 2. The van der Waals surface area contributed by atoms with Crippen LogP contribution in [0.15, 0.2) is 34.9 Å². The molecule has 0 unspecified atom stereocenters. The van der Waals surface area contributed by atoms with Gasteiger partial charge in [0, 0.05) is 0 Å². The third-order valence-electron chi connectivity index (χ3n) is 2.56. The summed E-state index contributed by atoms with van der Waals surface area (Å²) in [7, 11) is 0. The zero-order valence-corrected chi connectivity index (χ0v) is 13.0. The van der Waals surface area contributed by atoms with E-state index in [4.69, 9.17) is 4.42 Å². The van der Waals surface area contributed by atoms with Crippen molar-refractivity contribution in [2.45, 2.75) is 6.92 Å². The quantitative estimate of drug-likeness (QED) is 0.764. The number of rotatable bonds is 4. The first-order chi connectivity index (χ1) is 10.6. The Bertz CT molecular complexity index is 807. The van der Waals surface area contributed by atoms with Gasteiger partial charge in [-0.25, -0.2) is 0 Å². The summed E-state index contributed by atoms with van der Waals surface area (Å²) in [6, 6.07) is 6.48. The zero-order valence-electron chi connectivity index (χ0n) is 11.3. The third kappa shape index (κ3) is 3.21. The Morgan fingerprint density at radius 3 is 2.64 bits per heavy atom. The average Bonchev–Trinajstić information content (AvgIpc) is 3.20. The van der Waals surface area contributed by atoms with Crippen LogP contribution >= 0.6 is 22.7 Å². The lowest BCUT2D eigenvalue weighted by Crippen LogP contribution is -2.10. The molecule has 9 heteroatoms. The molecule has 112 valence electrons. The van der Waals surface area contributed by atoms with Crippen molar-refractivity contribution in [3.8, 4) is 0 Å². The summed E-state index contributed by atoms with van der Waals surface area (Å²) in [4.78, 5) is 24.4. The number of hydrogen-bond donors (Lipinski definition) is 2. The molecule has 0 radical (unpaired) electrons. The lowest BCUT2D eigenvalue weighted by atomic mass is 10.4. The predicted octanol–water partition coefficient (Wildman–Crippen LogP) is 3.01. The monoisotopic (exact) mass is 334 g/mol. The van der Waals surface area contributed by atoms with Crippen LogP contribution in [-0.2, 0) is 0 Å². The second-order valence-electron chi connectivity index (χ2n) is 4.18. The minimum Gasteiger partial charge on any atom is -0.459 e. The van der Waals surface area contributed by atoms with E-state index in [1.807, 2.05) is 0 Å². The fourth-order valence-electron chi connectivity index (χ4n) is 1.61. The van der Waals surface area contributed by atoms with Crippen LogP contribution in [0.5, 0.6) is 0 Å². The minimum absolute atomic E-state index is 0.212. The van der Waals surface area contributed by atoms with Gasteiger partial charge in [0.05, 0.1) is 16.1 Å². The van der Waals surface area contributed by atoms with E-state index in [2.05, 4.69) is 20.8 Å². The van der Waals surface area contributed by atoms with Crippen LogP contribution in [0.25, 0.3) is 0 Å². The van der Waals surface area contributed by atoms with Gasteiger partial charge in [0.25, 0.3) is 11.8 Å². The first-order valence-corrected chi connectivity index (χ1v) is 7.81. The van der Waals surface area contributed by atoms with E-state index in [-0.39, 0.29) is 17.6 Å². The molecule has 0 aliphatic carbocycles. The van der Waals surface area contributed by atoms with Crippen LogP contribution in [0.1, 0.15) is 25.2 Å². The van der Waals surface area contributed by atoms with Crippen LogP contribution in [0, 0.1) is 6.92 Å². The maximum Gasteiger partial charge on any atom is 0.291 e. The number of nitrogens with zero attached hydrogens (tertiary/aromatic N) is 2. The second-order valence-corrected chi connectivity index (χ2v) is 6.44. The molecule has 0 aliphatic rings. The Balaban J connectivity index is 1.65. The van der Waals surface area contributed by atoms with Gasteiger partial charge in [-0.1, -0.05) is 11.3 Å². The number of nitrogens with one attached hydrogen (secondary N) is 2. The molecule has 0 fully saturated rings.